The fraction of sp³-hybridized carbons (Fsp3) is 0.688. The summed E-state index contributed by atoms with van der Waals surface area (Å²) in [6, 6.07) is 1.92. The first-order valence-corrected chi connectivity index (χ1v) is 8.44. The van der Waals surface area contributed by atoms with Crippen LogP contribution in [0.1, 0.15) is 32.1 Å². The Morgan fingerprint density at radius 2 is 2.13 bits per heavy atom. The SMILES string of the molecule is Cn1ncc(N2CC[C@@H](CNC(=O)NC3CCCC3)C2)cc1=O. The number of carbonyl (C=O) groups excluding carboxylic acids is 1. The van der Waals surface area contributed by atoms with Gasteiger partial charge >= 0.3 is 6.03 Å². The smallest absolute Gasteiger partial charge is 0.315 e. The van der Waals surface area contributed by atoms with Crippen LogP contribution in [0.15, 0.2) is 17.1 Å². The second kappa shape index (κ2) is 7.02. The van der Waals surface area contributed by atoms with Crippen molar-refractivity contribution in [1.29, 1.82) is 0 Å². The minimum Gasteiger partial charge on any atom is -0.370 e. The minimum atomic E-state index is -0.0972. The summed E-state index contributed by atoms with van der Waals surface area (Å²) in [6.07, 6.45) is 7.37. The van der Waals surface area contributed by atoms with E-state index in [1.165, 1.54) is 17.5 Å². The highest BCUT2D eigenvalue weighted by Crippen LogP contribution is 2.21. The molecule has 2 N–H and O–H groups in total. The van der Waals surface area contributed by atoms with E-state index in [4.69, 9.17) is 0 Å². The van der Waals surface area contributed by atoms with Crippen molar-refractivity contribution in [1.82, 2.24) is 20.4 Å². The van der Waals surface area contributed by atoms with Crippen LogP contribution in [0.2, 0.25) is 0 Å². The maximum Gasteiger partial charge on any atom is 0.315 e. The molecule has 23 heavy (non-hydrogen) atoms. The molecular weight excluding hydrogens is 294 g/mol. The molecule has 0 bridgehead atoms. The Hall–Kier alpha value is -2.05. The molecule has 1 saturated heterocycles. The van der Waals surface area contributed by atoms with Crippen LogP contribution in [0.4, 0.5) is 10.5 Å². The van der Waals surface area contributed by atoms with Crippen LogP contribution in [0.3, 0.4) is 0 Å². The van der Waals surface area contributed by atoms with Gasteiger partial charge in [-0.25, -0.2) is 9.48 Å². The Kier molecular flexibility index (Phi) is 4.83. The Morgan fingerprint density at radius 3 is 2.87 bits per heavy atom. The highest BCUT2D eigenvalue weighted by molar-refractivity contribution is 5.74. The van der Waals surface area contributed by atoms with Gasteiger partial charge in [0.15, 0.2) is 0 Å². The van der Waals surface area contributed by atoms with Gasteiger partial charge in [0.2, 0.25) is 0 Å². The summed E-state index contributed by atoms with van der Waals surface area (Å²) in [5.41, 5.74) is 0.769. The van der Waals surface area contributed by atoms with Crippen LogP contribution in [-0.2, 0) is 7.05 Å². The molecule has 1 saturated carbocycles. The molecule has 2 fully saturated rings. The van der Waals surface area contributed by atoms with E-state index >= 15 is 0 Å². The lowest BCUT2D eigenvalue weighted by Gasteiger charge is -2.19. The summed E-state index contributed by atoms with van der Waals surface area (Å²) in [6.45, 7) is 2.41. The zero-order chi connectivity index (χ0) is 16.2. The van der Waals surface area contributed by atoms with Gasteiger partial charge in [0, 0.05) is 38.8 Å². The first-order chi connectivity index (χ1) is 11.1. The molecule has 2 aliphatic rings. The highest BCUT2D eigenvalue weighted by Gasteiger charge is 2.24. The van der Waals surface area contributed by atoms with Gasteiger partial charge in [-0.3, -0.25) is 4.79 Å². The lowest BCUT2D eigenvalue weighted by molar-refractivity contribution is 0.235. The number of urea groups is 1. The number of amides is 2. The van der Waals surface area contributed by atoms with Gasteiger partial charge in [-0.15, -0.1) is 0 Å². The molecule has 7 nitrogen and oxygen atoms in total. The average Bonchev–Trinajstić information content (AvgIpc) is 3.19. The predicted molar refractivity (Wildman–Crippen MR) is 88.6 cm³/mol. The summed E-state index contributed by atoms with van der Waals surface area (Å²) in [4.78, 5) is 25.7. The summed E-state index contributed by atoms with van der Waals surface area (Å²) < 4.78 is 1.33. The van der Waals surface area contributed by atoms with Crippen molar-refractivity contribution in [3.05, 3.63) is 22.6 Å². The molecule has 0 aromatic carbocycles. The topological polar surface area (TPSA) is 79.3 Å². The van der Waals surface area contributed by atoms with Gasteiger partial charge in [-0.05, 0) is 25.2 Å². The molecule has 0 unspecified atom stereocenters. The minimum absolute atomic E-state index is 0.0504. The molecule has 1 aromatic rings. The number of aryl methyl sites for hydroxylation is 1. The quantitative estimate of drug-likeness (QED) is 0.862. The number of aromatic nitrogens is 2. The largest absolute Gasteiger partial charge is 0.370 e. The van der Waals surface area contributed by atoms with E-state index in [1.54, 1.807) is 19.3 Å². The normalized spacial score (nSPS) is 21.6. The molecule has 1 aliphatic heterocycles. The Bertz CT molecular complexity index is 609. The number of carbonyl (C=O) groups is 1. The molecular formula is C16H25N5O2. The summed E-state index contributed by atoms with van der Waals surface area (Å²) in [5, 5.41) is 10.1. The van der Waals surface area contributed by atoms with Gasteiger partial charge < -0.3 is 15.5 Å². The number of hydrogen-bond acceptors (Lipinski definition) is 4. The van der Waals surface area contributed by atoms with Gasteiger partial charge in [-0.1, -0.05) is 12.8 Å². The lowest BCUT2D eigenvalue weighted by Crippen LogP contribution is -2.43. The van der Waals surface area contributed by atoms with E-state index in [-0.39, 0.29) is 11.6 Å². The first kappa shape index (κ1) is 15.8. The van der Waals surface area contributed by atoms with Gasteiger partial charge in [0.05, 0.1) is 11.9 Å². The van der Waals surface area contributed by atoms with E-state index in [2.05, 4.69) is 20.6 Å². The molecule has 1 aliphatic carbocycles. The Labute approximate surface area is 136 Å². The maximum atomic E-state index is 11.9. The third kappa shape index (κ3) is 4.03. The van der Waals surface area contributed by atoms with Crippen molar-refractivity contribution in [2.75, 3.05) is 24.5 Å². The van der Waals surface area contributed by atoms with Crippen LogP contribution in [0.25, 0.3) is 0 Å². The van der Waals surface area contributed by atoms with Gasteiger partial charge in [0.1, 0.15) is 0 Å². The molecule has 126 valence electrons. The van der Waals surface area contributed by atoms with Crippen LogP contribution in [0.5, 0.6) is 0 Å². The fourth-order valence-corrected chi connectivity index (χ4v) is 3.41. The zero-order valence-corrected chi connectivity index (χ0v) is 13.6. The van der Waals surface area contributed by atoms with E-state index in [0.717, 1.165) is 38.0 Å². The Balaban J connectivity index is 1.45. The molecule has 2 amide bonds. The van der Waals surface area contributed by atoms with Crippen LogP contribution < -0.4 is 21.1 Å². The molecule has 2 heterocycles. The monoisotopic (exact) mass is 319 g/mol. The van der Waals surface area contributed by atoms with Crippen LogP contribution in [0, 0.1) is 5.92 Å². The molecule has 3 rings (SSSR count). The summed E-state index contributed by atoms with van der Waals surface area (Å²) in [7, 11) is 1.64. The van der Waals surface area contributed by atoms with Gasteiger partial charge in [-0.2, -0.15) is 5.10 Å². The molecule has 0 radical (unpaired) electrons. The van der Waals surface area contributed by atoms with E-state index in [1.807, 2.05) is 0 Å². The van der Waals surface area contributed by atoms with Crippen molar-refractivity contribution < 1.29 is 4.79 Å². The predicted octanol–water partition coefficient (Wildman–Crippen LogP) is 0.848. The third-order valence-corrected chi connectivity index (χ3v) is 4.85. The molecule has 1 atom stereocenters. The van der Waals surface area contributed by atoms with E-state index < -0.39 is 0 Å². The number of rotatable bonds is 4. The third-order valence-electron chi connectivity index (χ3n) is 4.85. The average molecular weight is 319 g/mol. The standard InChI is InChI=1S/C16H25N5O2/c1-20-15(22)8-14(10-18-20)21-7-6-12(11-21)9-17-16(23)19-13-4-2-3-5-13/h8,10,12-13H,2-7,9,11H2,1H3,(H2,17,19,23)/t12-/m0/s1. The van der Waals surface area contributed by atoms with Crippen LogP contribution >= 0.6 is 0 Å². The van der Waals surface area contributed by atoms with Crippen molar-refractivity contribution >= 4 is 11.7 Å². The lowest BCUT2D eigenvalue weighted by atomic mass is 10.1. The first-order valence-electron chi connectivity index (χ1n) is 8.44. The zero-order valence-electron chi connectivity index (χ0n) is 13.6. The molecule has 0 spiro atoms. The number of hydrogen-bond donors (Lipinski definition) is 2. The fourth-order valence-electron chi connectivity index (χ4n) is 3.41. The number of nitrogens with zero attached hydrogens (tertiary/aromatic N) is 3. The van der Waals surface area contributed by atoms with Crippen molar-refractivity contribution in [3.8, 4) is 0 Å². The second-order valence-corrected chi connectivity index (χ2v) is 6.61. The second-order valence-electron chi connectivity index (χ2n) is 6.61. The van der Waals surface area contributed by atoms with Gasteiger partial charge in [0.25, 0.3) is 5.56 Å². The molecule has 7 heteroatoms. The number of nitrogens with one attached hydrogen (secondary N) is 2. The maximum absolute atomic E-state index is 11.9. The van der Waals surface area contributed by atoms with Crippen LogP contribution in [-0.4, -0.2) is 41.5 Å². The highest BCUT2D eigenvalue weighted by atomic mass is 16.2. The number of anilines is 1. The van der Waals surface area contributed by atoms with Crippen molar-refractivity contribution in [2.45, 2.75) is 38.1 Å². The Morgan fingerprint density at radius 1 is 1.35 bits per heavy atom. The van der Waals surface area contributed by atoms with E-state index in [9.17, 15) is 9.59 Å². The van der Waals surface area contributed by atoms with Crippen molar-refractivity contribution in [2.24, 2.45) is 13.0 Å². The van der Waals surface area contributed by atoms with E-state index in [0.29, 0.717) is 18.5 Å². The molecule has 1 aromatic heterocycles. The summed E-state index contributed by atoms with van der Waals surface area (Å²) in [5.74, 6) is 0.411. The van der Waals surface area contributed by atoms with Crippen molar-refractivity contribution in [3.63, 3.8) is 0 Å². The summed E-state index contributed by atoms with van der Waals surface area (Å²) >= 11 is 0.